The van der Waals surface area contributed by atoms with Crippen LogP contribution in [0.4, 0.5) is 14.5 Å². The van der Waals surface area contributed by atoms with Crippen LogP contribution in [0.25, 0.3) is 16.9 Å². The van der Waals surface area contributed by atoms with Crippen LogP contribution < -0.4 is 10.1 Å². The molecule has 0 fully saturated rings. The van der Waals surface area contributed by atoms with E-state index >= 15 is 0 Å². The number of methoxy groups -OCH3 is 1. The van der Waals surface area contributed by atoms with Crippen LogP contribution in [0.2, 0.25) is 0 Å². The number of carboxylic acids is 1. The van der Waals surface area contributed by atoms with Crippen molar-refractivity contribution in [3.05, 3.63) is 99.7 Å². The number of benzene rings is 3. The van der Waals surface area contributed by atoms with E-state index < -0.39 is 23.8 Å². The number of ether oxygens (including phenoxy) is 2. The van der Waals surface area contributed by atoms with Gasteiger partial charge < -0.3 is 29.6 Å². The lowest BCUT2D eigenvalue weighted by molar-refractivity contribution is 0.0696. The summed E-state index contributed by atoms with van der Waals surface area (Å²) in [7, 11) is 1.45. The number of rotatable bonds is 10. The molecule has 0 radical (unpaired) electrons. The molecule has 0 aliphatic heterocycles. The molecule has 1 atom stereocenters. The SMILES string of the molecule is COCC(O)Nc1cc(C(=O)O)cc(-n2c(C)ccc2-c2cc(Br)ccc2OCc2ccc(F)cc2F)c1. The van der Waals surface area contributed by atoms with E-state index in [1.54, 1.807) is 18.2 Å². The number of aromatic nitrogens is 1. The fourth-order valence-electron chi connectivity index (χ4n) is 4.05. The first-order valence-corrected chi connectivity index (χ1v) is 12.3. The Bertz CT molecular complexity index is 1470. The predicted molar refractivity (Wildman–Crippen MR) is 143 cm³/mol. The molecule has 38 heavy (non-hydrogen) atoms. The molecule has 0 aliphatic carbocycles. The summed E-state index contributed by atoms with van der Waals surface area (Å²) in [5.74, 6) is -2.06. The summed E-state index contributed by atoms with van der Waals surface area (Å²) in [6.07, 6.45) is -1.04. The van der Waals surface area contributed by atoms with Gasteiger partial charge in [-0.2, -0.15) is 0 Å². The van der Waals surface area contributed by atoms with Gasteiger partial charge in [-0.3, -0.25) is 0 Å². The minimum Gasteiger partial charge on any atom is -0.488 e. The number of aliphatic hydroxyl groups is 1. The number of nitrogens with zero attached hydrogens (tertiary/aromatic N) is 1. The molecule has 1 aromatic heterocycles. The molecular weight excluding hydrogens is 562 g/mol. The number of hydrogen-bond acceptors (Lipinski definition) is 5. The second kappa shape index (κ2) is 11.8. The number of carboxylic acid groups (broad SMARTS) is 1. The Hall–Kier alpha value is -3.73. The summed E-state index contributed by atoms with van der Waals surface area (Å²) >= 11 is 3.49. The van der Waals surface area contributed by atoms with Gasteiger partial charge in [0.15, 0.2) is 0 Å². The van der Waals surface area contributed by atoms with E-state index in [1.807, 2.05) is 29.7 Å². The maximum absolute atomic E-state index is 14.2. The highest BCUT2D eigenvalue weighted by Crippen LogP contribution is 2.37. The molecule has 0 spiro atoms. The van der Waals surface area contributed by atoms with Crippen molar-refractivity contribution in [2.45, 2.75) is 19.8 Å². The predicted octanol–water partition coefficient (Wildman–Crippen LogP) is 6.15. The standard InChI is InChI=1S/C28H25BrF2N2O5/c1-16-3-7-25(33(16)22-10-18(28(35)36)9-21(13-22)32-27(34)15-37-2)23-11-19(29)5-8-26(23)38-14-17-4-6-20(30)12-24(17)31/h3-13,27,32,34H,14-15H2,1-2H3,(H,35,36). The van der Waals surface area contributed by atoms with Crippen LogP contribution >= 0.6 is 15.9 Å². The molecule has 0 saturated carbocycles. The Morgan fingerprint density at radius 3 is 2.58 bits per heavy atom. The highest BCUT2D eigenvalue weighted by Gasteiger charge is 2.18. The van der Waals surface area contributed by atoms with Gasteiger partial charge in [0, 0.05) is 45.8 Å². The van der Waals surface area contributed by atoms with Gasteiger partial charge in [0.1, 0.15) is 30.2 Å². The molecule has 4 rings (SSSR count). The second-order valence-electron chi connectivity index (χ2n) is 8.55. The summed E-state index contributed by atoms with van der Waals surface area (Å²) in [5, 5.41) is 22.7. The van der Waals surface area contributed by atoms with Crippen LogP contribution in [0, 0.1) is 18.6 Å². The summed E-state index contributed by atoms with van der Waals surface area (Å²) in [5.41, 5.74) is 3.29. The normalized spacial score (nSPS) is 11.8. The van der Waals surface area contributed by atoms with Crippen molar-refractivity contribution in [2.75, 3.05) is 19.0 Å². The smallest absolute Gasteiger partial charge is 0.335 e. The van der Waals surface area contributed by atoms with E-state index in [9.17, 15) is 23.8 Å². The molecule has 3 N–H and O–H groups in total. The zero-order valence-corrected chi connectivity index (χ0v) is 22.1. The molecule has 4 aromatic rings. The molecule has 0 amide bonds. The lowest BCUT2D eigenvalue weighted by atomic mass is 10.1. The third kappa shape index (κ3) is 6.21. The van der Waals surface area contributed by atoms with Gasteiger partial charge in [-0.25, -0.2) is 13.6 Å². The van der Waals surface area contributed by atoms with Crippen molar-refractivity contribution in [1.82, 2.24) is 4.57 Å². The summed E-state index contributed by atoms with van der Waals surface area (Å²) in [6.45, 7) is 1.75. The fourth-order valence-corrected chi connectivity index (χ4v) is 4.41. The van der Waals surface area contributed by atoms with Gasteiger partial charge in [-0.05, 0) is 67.6 Å². The molecule has 7 nitrogen and oxygen atoms in total. The van der Waals surface area contributed by atoms with Gasteiger partial charge in [0.2, 0.25) is 0 Å². The average molecular weight is 587 g/mol. The molecule has 1 heterocycles. The maximum atomic E-state index is 14.2. The van der Waals surface area contributed by atoms with Crippen LogP contribution in [-0.4, -0.2) is 40.7 Å². The number of halogens is 3. The molecule has 198 valence electrons. The summed E-state index contributed by atoms with van der Waals surface area (Å²) < 4.78 is 41.1. The van der Waals surface area contributed by atoms with E-state index in [4.69, 9.17) is 9.47 Å². The largest absolute Gasteiger partial charge is 0.488 e. The van der Waals surface area contributed by atoms with E-state index in [0.29, 0.717) is 28.4 Å². The summed E-state index contributed by atoms with van der Waals surface area (Å²) in [4.78, 5) is 11.9. The number of nitrogens with one attached hydrogen (secondary N) is 1. The van der Waals surface area contributed by atoms with E-state index in [-0.39, 0.29) is 24.3 Å². The molecule has 3 aromatic carbocycles. The summed E-state index contributed by atoms with van der Waals surface area (Å²) in [6, 6.07) is 17.1. The van der Waals surface area contributed by atoms with Crippen molar-refractivity contribution in [2.24, 2.45) is 0 Å². The average Bonchev–Trinajstić information content (AvgIpc) is 3.25. The molecular formula is C28H25BrF2N2O5. The number of aliphatic hydroxyl groups excluding tert-OH is 1. The van der Waals surface area contributed by atoms with Gasteiger partial charge >= 0.3 is 5.97 Å². The monoisotopic (exact) mass is 586 g/mol. The van der Waals surface area contributed by atoms with Gasteiger partial charge in [-0.1, -0.05) is 15.9 Å². The molecule has 0 saturated heterocycles. The van der Waals surface area contributed by atoms with E-state index in [2.05, 4.69) is 21.2 Å². The number of aryl methyl sites for hydroxylation is 1. The lowest BCUT2D eigenvalue weighted by Gasteiger charge is -2.19. The van der Waals surface area contributed by atoms with Gasteiger partial charge in [0.25, 0.3) is 0 Å². The highest BCUT2D eigenvalue weighted by atomic mass is 79.9. The Balaban J connectivity index is 1.77. The molecule has 0 aliphatic rings. The zero-order chi connectivity index (χ0) is 27.4. The highest BCUT2D eigenvalue weighted by molar-refractivity contribution is 9.10. The molecule has 0 bridgehead atoms. The number of carbonyl (C=O) groups is 1. The van der Waals surface area contributed by atoms with Crippen LogP contribution in [0.5, 0.6) is 5.75 Å². The zero-order valence-electron chi connectivity index (χ0n) is 20.5. The first-order chi connectivity index (χ1) is 18.2. The fraction of sp³-hybridized carbons (Fsp3) is 0.179. The van der Waals surface area contributed by atoms with Crippen LogP contribution in [0.3, 0.4) is 0 Å². The number of anilines is 1. The number of aromatic carboxylic acids is 1. The third-order valence-corrected chi connectivity index (χ3v) is 6.27. The van der Waals surface area contributed by atoms with Crippen LogP contribution in [0.15, 0.2) is 71.2 Å². The topological polar surface area (TPSA) is 93.0 Å². The van der Waals surface area contributed by atoms with Crippen molar-refractivity contribution in [3.8, 4) is 22.7 Å². The third-order valence-electron chi connectivity index (χ3n) is 5.77. The van der Waals surface area contributed by atoms with Crippen molar-refractivity contribution in [1.29, 1.82) is 0 Å². The molecule has 10 heteroatoms. The minimum absolute atomic E-state index is 0.00776. The first-order valence-electron chi connectivity index (χ1n) is 11.5. The van der Waals surface area contributed by atoms with E-state index in [0.717, 1.165) is 16.2 Å². The molecule has 1 unspecified atom stereocenters. The Morgan fingerprint density at radius 1 is 1.08 bits per heavy atom. The van der Waals surface area contributed by atoms with Gasteiger partial charge in [-0.15, -0.1) is 0 Å². The Kier molecular flexibility index (Phi) is 8.45. The Morgan fingerprint density at radius 2 is 1.87 bits per heavy atom. The first kappa shape index (κ1) is 27.3. The van der Waals surface area contributed by atoms with Crippen molar-refractivity contribution in [3.63, 3.8) is 0 Å². The minimum atomic E-state index is -1.13. The van der Waals surface area contributed by atoms with Crippen LogP contribution in [-0.2, 0) is 11.3 Å². The Labute approximate surface area is 226 Å². The number of hydrogen-bond donors (Lipinski definition) is 3. The van der Waals surface area contributed by atoms with E-state index in [1.165, 1.54) is 31.4 Å². The second-order valence-corrected chi connectivity index (χ2v) is 9.47. The van der Waals surface area contributed by atoms with Crippen molar-refractivity contribution < 1.29 is 33.3 Å². The van der Waals surface area contributed by atoms with Crippen LogP contribution in [0.1, 0.15) is 21.6 Å². The van der Waals surface area contributed by atoms with Crippen molar-refractivity contribution >= 4 is 27.6 Å². The van der Waals surface area contributed by atoms with Gasteiger partial charge in [0.05, 0.1) is 17.9 Å². The lowest BCUT2D eigenvalue weighted by Crippen LogP contribution is -2.24. The quantitative estimate of drug-likeness (QED) is 0.193. The maximum Gasteiger partial charge on any atom is 0.335 e.